The predicted molar refractivity (Wildman–Crippen MR) is 79.0 cm³/mol. The van der Waals surface area contributed by atoms with E-state index in [2.05, 4.69) is 36.5 Å². The van der Waals surface area contributed by atoms with E-state index in [9.17, 15) is 0 Å². The average Bonchev–Trinajstić information content (AvgIpc) is 2.37. The van der Waals surface area contributed by atoms with Crippen molar-refractivity contribution in [2.75, 3.05) is 12.3 Å². The maximum atomic E-state index is 5.83. The van der Waals surface area contributed by atoms with Gasteiger partial charge in [0.2, 0.25) is 0 Å². The molecule has 1 nitrogen and oxygen atoms in total. The smallest absolute Gasteiger partial charge is 0.0396 e. The van der Waals surface area contributed by atoms with Crippen molar-refractivity contribution in [1.29, 1.82) is 0 Å². The Kier molecular flexibility index (Phi) is 7.78. The molecule has 0 unspecified atom stereocenters. The summed E-state index contributed by atoms with van der Waals surface area (Å²) in [7, 11) is 0. The van der Waals surface area contributed by atoms with Crippen molar-refractivity contribution in [3.8, 4) is 0 Å². The Hall–Kier alpha value is -0.150. The second-order valence-corrected chi connectivity index (χ2v) is 5.42. The molecule has 0 atom stereocenters. The van der Waals surface area contributed by atoms with Gasteiger partial charge in [-0.25, -0.2) is 0 Å². The number of hydrogen-bond donors (Lipinski definition) is 1. The molecule has 0 aliphatic heterocycles. The first-order valence-corrected chi connectivity index (χ1v) is 7.43. The largest absolute Gasteiger partial charge is 0.313 e. The molecule has 0 saturated heterocycles. The van der Waals surface area contributed by atoms with E-state index >= 15 is 0 Å². The normalized spacial score (nSPS) is 11.8. The molecular weight excluding hydrogens is 273 g/mol. The molecule has 1 aromatic rings. The van der Waals surface area contributed by atoms with Crippen molar-refractivity contribution in [3.63, 3.8) is 0 Å². The molecule has 0 saturated carbocycles. The second-order valence-electron chi connectivity index (χ2n) is 3.67. The molecule has 0 aliphatic carbocycles. The highest BCUT2D eigenvalue weighted by Gasteiger charge is 1.97. The molecule has 0 aromatic heterocycles. The minimum Gasteiger partial charge on any atom is -0.313 e. The van der Waals surface area contributed by atoms with Gasteiger partial charge < -0.3 is 5.32 Å². The summed E-state index contributed by atoms with van der Waals surface area (Å²) in [6.07, 6.45) is 1.16. The molecule has 0 bridgehead atoms. The molecule has 1 N–H and O–H groups in total. The summed E-state index contributed by atoms with van der Waals surface area (Å²) in [5.41, 5.74) is 2.72. The number of nitrogens with one attached hydrogen (secondary N) is 1. The molecule has 1 aromatic carbocycles. The van der Waals surface area contributed by atoms with Gasteiger partial charge in [0, 0.05) is 27.8 Å². The van der Waals surface area contributed by atoms with E-state index in [0.717, 1.165) is 25.3 Å². The zero-order chi connectivity index (χ0) is 12.5. The second kappa shape index (κ2) is 8.87. The summed E-state index contributed by atoms with van der Waals surface area (Å²) < 4.78 is 0. The van der Waals surface area contributed by atoms with Gasteiger partial charge >= 0.3 is 0 Å². The molecule has 17 heavy (non-hydrogen) atoms. The van der Waals surface area contributed by atoms with E-state index in [1.807, 2.05) is 0 Å². The van der Waals surface area contributed by atoms with Gasteiger partial charge in [-0.3, -0.25) is 0 Å². The van der Waals surface area contributed by atoms with Gasteiger partial charge in [-0.15, -0.1) is 11.8 Å². The van der Waals surface area contributed by atoms with Crippen molar-refractivity contribution in [1.82, 2.24) is 5.32 Å². The molecule has 0 radical (unpaired) electrons. The van der Waals surface area contributed by atoms with E-state index in [-0.39, 0.29) is 0 Å². The van der Waals surface area contributed by atoms with Crippen LogP contribution < -0.4 is 5.32 Å². The third-order valence-electron chi connectivity index (χ3n) is 2.17. The van der Waals surface area contributed by atoms with Crippen LogP contribution in [0.25, 0.3) is 0 Å². The van der Waals surface area contributed by atoms with Crippen molar-refractivity contribution < 1.29 is 0 Å². The lowest BCUT2D eigenvalue weighted by molar-refractivity contribution is 0.675. The fourth-order valence-electron chi connectivity index (χ4n) is 1.30. The van der Waals surface area contributed by atoms with Gasteiger partial charge in [0.15, 0.2) is 0 Å². The third kappa shape index (κ3) is 6.37. The Balaban J connectivity index is 2.39. The maximum Gasteiger partial charge on any atom is 0.0396 e. The summed E-state index contributed by atoms with van der Waals surface area (Å²) in [4.78, 5) is 1.21. The van der Waals surface area contributed by atoms with E-state index in [4.69, 9.17) is 23.2 Å². The molecular formula is C13H17Cl2NS. The van der Waals surface area contributed by atoms with Gasteiger partial charge in [-0.1, -0.05) is 42.3 Å². The lowest BCUT2D eigenvalue weighted by atomic mass is 10.2. The van der Waals surface area contributed by atoms with Crippen molar-refractivity contribution in [2.45, 2.75) is 24.8 Å². The number of benzene rings is 1. The zero-order valence-electron chi connectivity index (χ0n) is 9.88. The number of rotatable bonds is 7. The van der Waals surface area contributed by atoms with E-state index in [0.29, 0.717) is 5.03 Å². The first-order valence-electron chi connectivity index (χ1n) is 5.63. The van der Waals surface area contributed by atoms with Gasteiger partial charge in [-0.05, 0) is 30.7 Å². The molecule has 0 amide bonds. The molecule has 0 spiro atoms. The minimum absolute atomic E-state index is 0.672. The van der Waals surface area contributed by atoms with E-state index < -0.39 is 0 Å². The fourth-order valence-corrected chi connectivity index (χ4v) is 2.35. The lowest BCUT2D eigenvalue weighted by Crippen LogP contribution is -2.13. The molecule has 94 valence electrons. The monoisotopic (exact) mass is 289 g/mol. The Bertz CT molecular complexity index is 349. The highest BCUT2D eigenvalue weighted by Crippen LogP contribution is 2.22. The lowest BCUT2D eigenvalue weighted by Gasteiger charge is -2.05. The highest BCUT2D eigenvalue weighted by atomic mass is 35.5. The molecule has 0 heterocycles. The summed E-state index contributed by atoms with van der Waals surface area (Å²) in [5.74, 6) is 0.721. The van der Waals surface area contributed by atoms with Crippen LogP contribution in [0.3, 0.4) is 0 Å². The van der Waals surface area contributed by atoms with Crippen molar-refractivity contribution in [2.24, 2.45) is 0 Å². The van der Waals surface area contributed by atoms with Crippen LogP contribution in [-0.4, -0.2) is 12.3 Å². The molecule has 0 aliphatic rings. The van der Waals surface area contributed by atoms with Crippen LogP contribution in [0, 0.1) is 0 Å². The molecule has 1 rings (SSSR count). The maximum absolute atomic E-state index is 5.83. The summed E-state index contributed by atoms with van der Waals surface area (Å²) in [6, 6.07) is 8.52. The van der Waals surface area contributed by atoms with Crippen LogP contribution >= 0.6 is 35.0 Å². The first kappa shape index (κ1) is 14.9. The third-order valence-corrected chi connectivity index (χ3v) is 4.01. The SMILES string of the molecule is CCCNCc1ccc(SC/C(Cl)=C/Cl)cc1. The minimum atomic E-state index is 0.672. The van der Waals surface area contributed by atoms with Crippen molar-refractivity contribution >= 4 is 35.0 Å². The first-order chi connectivity index (χ1) is 8.26. The zero-order valence-corrected chi connectivity index (χ0v) is 12.2. The van der Waals surface area contributed by atoms with Gasteiger partial charge in [-0.2, -0.15) is 0 Å². The van der Waals surface area contributed by atoms with Gasteiger partial charge in [0.05, 0.1) is 0 Å². The highest BCUT2D eigenvalue weighted by molar-refractivity contribution is 7.99. The van der Waals surface area contributed by atoms with Crippen LogP contribution in [0.15, 0.2) is 39.7 Å². The quantitative estimate of drug-likeness (QED) is 0.582. The Morgan fingerprint density at radius 2 is 2.06 bits per heavy atom. The Morgan fingerprint density at radius 1 is 1.35 bits per heavy atom. The van der Waals surface area contributed by atoms with Crippen LogP contribution in [0.4, 0.5) is 0 Å². The van der Waals surface area contributed by atoms with Crippen molar-refractivity contribution in [3.05, 3.63) is 40.4 Å². The average molecular weight is 290 g/mol. The van der Waals surface area contributed by atoms with E-state index in [1.54, 1.807) is 11.8 Å². The topological polar surface area (TPSA) is 12.0 Å². The predicted octanol–water partition coefficient (Wildman–Crippen LogP) is 4.60. The van der Waals surface area contributed by atoms with Crippen LogP contribution in [-0.2, 0) is 6.54 Å². The van der Waals surface area contributed by atoms with Crippen LogP contribution in [0.5, 0.6) is 0 Å². The summed E-state index contributed by atoms with van der Waals surface area (Å²) >= 11 is 13.0. The van der Waals surface area contributed by atoms with Gasteiger partial charge in [0.25, 0.3) is 0 Å². The van der Waals surface area contributed by atoms with E-state index in [1.165, 1.54) is 16.0 Å². The standard InChI is InChI=1S/C13H17Cl2NS/c1-2-7-16-9-11-3-5-13(6-4-11)17-10-12(15)8-14/h3-6,8,16H,2,7,9-10H2,1H3/b12-8-. The van der Waals surface area contributed by atoms with Crippen LogP contribution in [0.1, 0.15) is 18.9 Å². The number of thioether (sulfide) groups is 1. The number of halogens is 2. The van der Waals surface area contributed by atoms with Crippen LogP contribution in [0.2, 0.25) is 0 Å². The molecule has 0 fully saturated rings. The summed E-state index contributed by atoms with van der Waals surface area (Å²) in [5, 5.41) is 4.05. The van der Waals surface area contributed by atoms with Gasteiger partial charge in [0.1, 0.15) is 0 Å². The Labute approximate surface area is 118 Å². The summed E-state index contributed by atoms with van der Waals surface area (Å²) in [6.45, 7) is 4.16. The number of hydrogen-bond acceptors (Lipinski definition) is 2. The fraction of sp³-hybridized carbons (Fsp3) is 0.385. The Morgan fingerprint density at radius 3 is 2.65 bits per heavy atom. The molecule has 4 heteroatoms.